The van der Waals surface area contributed by atoms with Crippen molar-refractivity contribution in [3.63, 3.8) is 0 Å². The predicted molar refractivity (Wildman–Crippen MR) is 102 cm³/mol. The van der Waals surface area contributed by atoms with Gasteiger partial charge < -0.3 is 10.1 Å². The molecule has 0 bridgehead atoms. The molecular formula is C16H27BrCl2N2O. The molecule has 0 radical (unpaired) electrons. The Bertz CT molecular complexity index is 429. The van der Waals surface area contributed by atoms with Crippen LogP contribution < -0.4 is 10.1 Å². The van der Waals surface area contributed by atoms with Crippen molar-refractivity contribution in [1.29, 1.82) is 0 Å². The summed E-state index contributed by atoms with van der Waals surface area (Å²) in [5.74, 6) is 1.01. The number of nitrogens with zero attached hydrogens (tertiary/aromatic N) is 1. The highest BCUT2D eigenvalue weighted by Gasteiger charge is 2.24. The van der Waals surface area contributed by atoms with E-state index in [1.54, 1.807) is 7.11 Å². The third kappa shape index (κ3) is 5.89. The van der Waals surface area contributed by atoms with Crippen molar-refractivity contribution in [3.8, 4) is 5.75 Å². The van der Waals surface area contributed by atoms with Gasteiger partial charge in [-0.05, 0) is 24.6 Å². The number of nitrogens with one attached hydrogen (secondary N) is 1. The Morgan fingerprint density at radius 2 is 1.95 bits per heavy atom. The van der Waals surface area contributed by atoms with Gasteiger partial charge in [0.2, 0.25) is 0 Å². The molecule has 1 N–H and O–H groups in total. The summed E-state index contributed by atoms with van der Waals surface area (Å²) >= 11 is 3.60. The molecule has 1 aliphatic rings. The molecule has 0 amide bonds. The minimum Gasteiger partial charge on any atom is -0.496 e. The number of ether oxygens (including phenoxy) is 1. The van der Waals surface area contributed by atoms with Crippen molar-refractivity contribution < 1.29 is 4.74 Å². The average Bonchev–Trinajstić information content (AvgIpc) is 2.49. The smallest absolute Gasteiger partial charge is 0.123 e. The molecule has 1 aromatic carbocycles. The van der Waals surface area contributed by atoms with E-state index >= 15 is 0 Å². The van der Waals surface area contributed by atoms with Gasteiger partial charge in [0.05, 0.1) is 7.11 Å². The SMILES string of the molecule is CCCC[C@H](c1cc(Br)ccc1OC)N1CCNCC1.Cl.Cl. The van der Waals surface area contributed by atoms with Crippen LogP contribution in [0.25, 0.3) is 0 Å². The second-order valence-electron chi connectivity index (χ2n) is 5.33. The Labute approximate surface area is 155 Å². The maximum Gasteiger partial charge on any atom is 0.123 e. The molecule has 0 spiro atoms. The van der Waals surface area contributed by atoms with Crippen LogP contribution in [0.4, 0.5) is 0 Å². The molecule has 6 heteroatoms. The standard InChI is InChI=1S/C16H25BrN2O.2ClH/c1-3-4-5-15(19-10-8-18-9-11-19)14-12-13(17)6-7-16(14)20-2;;/h6-7,12,15,18H,3-5,8-11H2,1-2H3;2*1H/t15-;;/m1../s1. The van der Waals surface area contributed by atoms with Crippen molar-refractivity contribution in [1.82, 2.24) is 10.2 Å². The van der Waals surface area contributed by atoms with Crippen LogP contribution in [-0.4, -0.2) is 38.2 Å². The van der Waals surface area contributed by atoms with Crippen molar-refractivity contribution in [2.75, 3.05) is 33.3 Å². The molecule has 0 saturated carbocycles. The number of rotatable bonds is 6. The molecule has 1 fully saturated rings. The van der Waals surface area contributed by atoms with E-state index in [9.17, 15) is 0 Å². The van der Waals surface area contributed by atoms with Gasteiger partial charge >= 0.3 is 0 Å². The number of piperazine rings is 1. The maximum absolute atomic E-state index is 5.59. The zero-order valence-electron chi connectivity index (χ0n) is 13.3. The van der Waals surface area contributed by atoms with E-state index in [-0.39, 0.29) is 24.8 Å². The first kappa shape index (κ1) is 22.0. The van der Waals surface area contributed by atoms with Gasteiger partial charge in [-0.2, -0.15) is 0 Å². The van der Waals surface area contributed by atoms with Crippen molar-refractivity contribution in [2.24, 2.45) is 0 Å². The highest BCUT2D eigenvalue weighted by molar-refractivity contribution is 9.10. The third-order valence-corrected chi connectivity index (χ3v) is 4.47. The Morgan fingerprint density at radius 3 is 2.55 bits per heavy atom. The summed E-state index contributed by atoms with van der Waals surface area (Å²) in [4.78, 5) is 2.59. The lowest BCUT2D eigenvalue weighted by Crippen LogP contribution is -2.45. The zero-order chi connectivity index (χ0) is 14.4. The van der Waals surface area contributed by atoms with E-state index in [1.165, 1.54) is 24.8 Å². The first-order valence-electron chi connectivity index (χ1n) is 7.54. The molecule has 22 heavy (non-hydrogen) atoms. The number of hydrogen-bond acceptors (Lipinski definition) is 3. The first-order valence-corrected chi connectivity index (χ1v) is 8.33. The second-order valence-corrected chi connectivity index (χ2v) is 6.25. The lowest BCUT2D eigenvalue weighted by atomic mass is 9.98. The second kappa shape index (κ2) is 11.5. The maximum atomic E-state index is 5.59. The highest BCUT2D eigenvalue weighted by Crippen LogP contribution is 2.35. The van der Waals surface area contributed by atoms with E-state index in [2.05, 4.69) is 51.3 Å². The van der Waals surface area contributed by atoms with Gasteiger partial charge in [-0.1, -0.05) is 35.7 Å². The van der Waals surface area contributed by atoms with E-state index in [0.717, 1.165) is 36.4 Å². The summed E-state index contributed by atoms with van der Waals surface area (Å²) in [5, 5.41) is 3.43. The van der Waals surface area contributed by atoms with Gasteiger partial charge in [0.1, 0.15) is 5.75 Å². The Kier molecular flexibility index (Phi) is 11.5. The number of methoxy groups -OCH3 is 1. The molecule has 0 aliphatic carbocycles. The molecule has 3 nitrogen and oxygen atoms in total. The fourth-order valence-electron chi connectivity index (χ4n) is 2.89. The van der Waals surface area contributed by atoms with Crippen LogP contribution in [-0.2, 0) is 0 Å². The molecule has 1 saturated heterocycles. The number of halogens is 3. The Hall–Kier alpha value is -0.000000000000000111. The molecule has 128 valence electrons. The van der Waals surface area contributed by atoms with E-state index in [4.69, 9.17) is 4.74 Å². The summed E-state index contributed by atoms with van der Waals surface area (Å²) in [6, 6.07) is 6.81. The lowest BCUT2D eigenvalue weighted by molar-refractivity contribution is 0.160. The third-order valence-electron chi connectivity index (χ3n) is 3.97. The van der Waals surface area contributed by atoms with Crippen molar-refractivity contribution in [2.45, 2.75) is 32.2 Å². The molecule has 1 atom stereocenters. The van der Waals surface area contributed by atoms with E-state index in [0.29, 0.717) is 6.04 Å². The summed E-state index contributed by atoms with van der Waals surface area (Å²) in [6.45, 7) is 6.65. The molecular weight excluding hydrogens is 387 g/mol. The number of unbranched alkanes of at least 4 members (excludes halogenated alkanes) is 1. The average molecular weight is 414 g/mol. The fraction of sp³-hybridized carbons (Fsp3) is 0.625. The van der Waals surface area contributed by atoms with Crippen molar-refractivity contribution in [3.05, 3.63) is 28.2 Å². The van der Waals surface area contributed by atoms with Crippen molar-refractivity contribution >= 4 is 40.7 Å². The topological polar surface area (TPSA) is 24.5 Å². The molecule has 1 aliphatic heterocycles. The molecule has 1 aromatic rings. The largest absolute Gasteiger partial charge is 0.496 e. The van der Waals surface area contributed by atoms with Gasteiger partial charge in [0.25, 0.3) is 0 Å². The van der Waals surface area contributed by atoms with E-state index < -0.39 is 0 Å². The Morgan fingerprint density at radius 1 is 1.27 bits per heavy atom. The van der Waals surface area contributed by atoms with Crippen LogP contribution in [0, 0.1) is 0 Å². The normalized spacial score (nSPS) is 16.3. The van der Waals surface area contributed by atoms with E-state index in [1.807, 2.05) is 0 Å². The lowest BCUT2D eigenvalue weighted by Gasteiger charge is -2.36. The molecule has 2 rings (SSSR count). The molecule has 1 heterocycles. The van der Waals surface area contributed by atoms with Crippen LogP contribution in [0.3, 0.4) is 0 Å². The number of hydrogen-bond donors (Lipinski definition) is 1. The van der Waals surface area contributed by atoms with Gasteiger partial charge in [-0.15, -0.1) is 24.8 Å². The van der Waals surface area contributed by atoms with Crippen LogP contribution in [0.1, 0.15) is 37.8 Å². The quantitative estimate of drug-likeness (QED) is 0.745. The summed E-state index contributed by atoms with van der Waals surface area (Å²) in [5.41, 5.74) is 1.32. The predicted octanol–water partition coefficient (Wildman–Crippen LogP) is 4.44. The minimum atomic E-state index is 0. The van der Waals surface area contributed by atoms with Gasteiger partial charge in [0.15, 0.2) is 0 Å². The van der Waals surface area contributed by atoms with Crippen LogP contribution in [0.5, 0.6) is 5.75 Å². The summed E-state index contributed by atoms with van der Waals surface area (Å²) < 4.78 is 6.72. The highest BCUT2D eigenvalue weighted by atomic mass is 79.9. The first-order chi connectivity index (χ1) is 9.76. The molecule has 0 aromatic heterocycles. The van der Waals surface area contributed by atoms with Crippen LogP contribution >= 0.6 is 40.7 Å². The Balaban J connectivity index is 0.00000220. The number of benzene rings is 1. The minimum absolute atomic E-state index is 0. The van der Waals surface area contributed by atoms with Gasteiger partial charge in [-0.25, -0.2) is 0 Å². The monoisotopic (exact) mass is 412 g/mol. The zero-order valence-corrected chi connectivity index (χ0v) is 16.5. The van der Waals surface area contributed by atoms with Gasteiger partial charge in [-0.3, -0.25) is 4.90 Å². The molecule has 0 unspecified atom stereocenters. The summed E-state index contributed by atoms with van der Waals surface area (Å²) in [7, 11) is 1.77. The summed E-state index contributed by atoms with van der Waals surface area (Å²) in [6.07, 6.45) is 3.69. The van der Waals surface area contributed by atoms with Gasteiger partial charge in [0, 0.05) is 42.3 Å². The van der Waals surface area contributed by atoms with Crippen LogP contribution in [0.15, 0.2) is 22.7 Å². The van der Waals surface area contributed by atoms with Crippen LogP contribution in [0.2, 0.25) is 0 Å². The fourth-order valence-corrected chi connectivity index (χ4v) is 3.27.